The minimum absolute atomic E-state index is 0.649. The number of para-hydroxylation sites is 2. The normalized spacial score (nSPS) is 10.6. The van der Waals surface area contributed by atoms with E-state index in [0.717, 1.165) is 22.6 Å². The summed E-state index contributed by atoms with van der Waals surface area (Å²) in [5.74, 6) is 0.848. The maximum absolute atomic E-state index is 5.54. The number of hydrogen-bond donors (Lipinski definition) is 1. The van der Waals surface area contributed by atoms with Crippen LogP contribution >= 0.6 is 0 Å². The van der Waals surface area contributed by atoms with E-state index in [0.29, 0.717) is 6.61 Å². The van der Waals surface area contributed by atoms with Crippen LogP contribution in [-0.2, 0) is 0 Å². The number of ether oxygens (including phenoxy) is 1. The number of nitrogens with one attached hydrogen (secondary N) is 1. The van der Waals surface area contributed by atoms with Crippen molar-refractivity contribution in [1.82, 2.24) is 0 Å². The molecule has 0 unspecified atom stereocenters. The Morgan fingerprint density at radius 3 is 2.63 bits per heavy atom. The molecule has 0 aliphatic carbocycles. The van der Waals surface area contributed by atoms with E-state index in [1.54, 1.807) is 6.21 Å². The molecule has 3 heteroatoms. The fourth-order valence-electron chi connectivity index (χ4n) is 1.74. The summed E-state index contributed by atoms with van der Waals surface area (Å²) in [5, 5.41) is 4.26. The maximum atomic E-state index is 5.54. The summed E-state index contributed by atoms with van der Waals surface area (Å²) in [6.45, 7) is 4.67. The van der Waals surface area contributed by atoms with E-state index in [2.05, 4.69) is 10.5 Å². The maximum Gasteiger partial charge on any atom is 0.128 e. The predicted molar refractivity (Wildman–Crippen MR) is 80.0 cm³/mol. The number of benzene rings is 2. The van der Waals surface area contributed by atoms with Gasteiger partial charge in [-0.05, 0) is 37.6 Å². The monoisotopic (exact) mass is 254 g/mol. The van der Waals surface area contributed by atoms with Crippen molar-refractivity contribution in [1.29, 1.82) is 0 Å². The summed E-state index contributed by atoms with van der Waals surface area (Å²) >= 11 is 0. The van der Waals surface area contributed by atoms with Crippen molar-refractivity contribution < 1.29 is 4.74 Å². The van der Waals surface area contributed by atoms with Gasteiger partial charge in [-0.15, -0.1) is 0 Å². The summed E-state index contributed by atoms with van der Waals surface area (Å²) in [4.78, 5) is 0. The van der Waals surface area contributed by atoms with E-state index in [-0.39, 0.29) is 0 Å². The molecule has 0 aromatic heterocycles. The number of hydrogen-bond acceptors (Lipinski definition) is 3. The summed E-state index contributed by atoms with van der Waals surface area (Å²) in [6.07, 6.45) is 1.78. The Hall–Kier alpha value is -2.29. The second-order valence-electron chi connectivity index (χ2n) is 4.16. The topological polar surface area (TPSA) is 33.6 Å². The van der Waals surface area contributed by atoms with Crippen LogP contribution in [0.3, 0.4) is 0 Å². The van der Waals surface area contributed by atoms with Gasteiger partial charge in [-0.25, -0.2) is 0 Å². The third kappa shape index (κ3) is 3.58. The number of anilines is 1. The highest BCUT2D eigenvalue weighted by Crippen LogP contribution is 2.16. The van der Waals surface area contributed by atoms with Crippen LogP contribution in [0.1, 0.15) is 18.1 Å². The molecule has 0 amide bonds. The number of rotatable bonds is 5. The number of hydrazone groups is 1. The van der Waals surface area contributed by atoms with Gasteiger partial charge in [-0.1, -0.05) is 30.3 Å². The highest BCUT2D eigenvalue weighted by atomic mass is 16.5. The molecule has 0 bridgehead atoms. The van der Waals surface area contributed by atoms with Gasteiger partial charge < -0.3 is 4.74 Å². The summed E-state index contributed by atoms with van der Waals surface area (Å²) in [7, 11) is 0. The molecule has 0 aliphatic rings. The standard InChI is InChI=1S/C16H18N2O/c1-3-19-16-11-7-5-9-14(16)12-17-18-15-10-6-4-8-13(15)2/h4-12,18H,3H2,1-2H3/b17-12-. The summed E-state index contributed by atoms with van der Waals surface area (Å²) in [5.41, 5.74) is 6.18. The molecule has 0 spiro atoms. The van der Waals surface area contributed by atoms with Crippen molar-refractivity contribution in [2.24, 2.45) is 5.10 Å². The minimum Gasteiger partial charge on any atom is -0.493 e. The van der Waals surface area contributed by atoms with E-state index in [4.69, 9.17) is 4.74 Å². The second kappa shape index (κ2) is 6.59. The van der Waals surface area contributed by atoms with Crippen molar-refractivity contribution in [3.05, 3.63) is 59.7 Å². The molecule has 2 rings (SSSR count). The molecule has 3 nitrogen and oxygen atoms in total. The van der Waals surface area contributed by atoms with Crippen molar-refractivity contribution in [2.75, 3.05) is 12.0 Å². The van der Waals surface area contributed by atoms with E-state index in [1.807, 2.05) is 62.4 Å². The molecule has 0 radical (unpaired) electrons. The largest absolute Gasteiger partial charge is 0.493 e. The second-order valence-corrected chi connectivity index (χ2v) is 4.16. The molecule has 2 aromatic carbocycles. The van der Waals surface area contributed by atoms with Gasteiger partial charge in [0.25, 0.3) is 0 Å². The first-order chi connectivity index (χ1) is 9.31. The lowest BCUT2D eigenvalue weighted by molar-refractivity contribution is 0.340. The van der Waals surface area contributed by atoms with Crippen molar-refractivity contribution in [2.45, 2.75) is 13.8 Å². The van der Waals surface area contributed by atoms with Crippen LogP contribution in [0.4, 0.5) is 5.69 Å². The molecule has 2 aromatic rings. The van der Waals surface area contributed by atoms with Gasteiger partial charge in [0, 0.05) is 5.56 Å². The summed E-state index contributed by atoms with van der Waals surface area (Å²) in [6, 6.07) is 15.9. The highest BCUT2D eigenvalue weighted by Gasteiger charge is 1.99. The van der Waals surface area contributed by atoms with Gasteiger partial charge in [0.2, 0.25) is 0 Å². The smallest absolute Gasteiger partial charge is 0.128 e. The van der Waals surface area contributed by atoms with Crippen LogP contribution in [0.15, 0.2) is 53.6 Å². The third-order valence-electron chi connectivity index (χ3n) is 2.75. The predicted octanol–water partition coefficient (Wildman–Crippen LogP) is 3.84. The average Bonchev–Trinajstić information content (AvgIpc) is 2.43. The Labute approximate surface area is 113 Å². The quantitative estimate of drug-likeness (QED) is 0.649. The van der Waals surface area contributed by atoms with Crippen molar-refractivity contribution >= 4 is 11.9 Å². The van der Waals surface area contributed by atoms with Crippen molar-refractivity contribution in [3.8, 4) is 5.75 Å². The SMILES string of the molecule is CCOc1ccccc1/C=N\Nc1ccccc1C. The van der Waals surface area contributed by atoms with Gasteiger partial charge in [0.05, 0.1) is 18.5 Å². The Kier molecular flexibility index (Phi) is 4.56. The fraction of sp³-hybridized carbons (Fsp3) is 0.188. The molecule has 0 saturated carbocycles. The first-order valence-electron chi connectivity index (χ1n) is 6.38. The lowest BCUT2D eigenvalue weighted by Gasteiger charge is -2.06. The zero-order valence-corrected chi connectivity index (χ0v) is 11.3. The minimum atomic E-state index is 0.649. The van der Waals surface area contributed by atoms with Crippen LogP contribution < -0.4 is 10.2 Å². The van der Waals surface area contributed by atoms with Gasteiger partial charge >= 0.3 is 0 Å². The lowest BCUT2D eigenvalue weighted by atomic mass is 10.2. The van der Waals surface area contributed by atoms with E-state index in [1.165, 1.54) is 0 Å². The summed E-state index contributed by atoms with van der Waals surface area (Å²) < 4.78 is 5.54. The molecular weight excluding hydrogens is 236 g/mol. The van der Waals surface area contributed by atoms with Crippen LogP contribution in [-0.4, -0.2) is 12.8 Å². The molecule has 0 atom stereocenters. The number of aryl methyl sites for hydroxylation is 1. The van der Waals surface area contributed by atoms with E-state index >= 15 is 0 Å². The van der Waals surface area contributed by atoms with Gasteiger partial charge in [0.15, 0.2) is 0 Å². The zero-order chi connectivity index (χ0) is 13.5. The van der Waals surface area contributed by atoms with Crippen LogP contribution in [0.2, 0.25) is 0 Å². The van der Waals surface area contributed by atoms with Crippen molar-refractivity contribution in [3.63, 3.8) is 0 Å². The molecule has 0 fully saturated rings. The Balaban J connectivity index is 2.09. The third-order valence-corrected chi connectivity index (χ3v) is 2.75. The zero-order valence-electron chi connectivity index (χ0n) is 11.3. The Bertz CT molecular complexity index is 564. The first kappa shape index (κ1) is 13.1. The van der Waals surface area contributed by atoms with E-state index in [9.17, 15) is 0 Å². The molecule has 98 valence electrons. The molecule has 0 heterocycles. The Morgan fingerprint density at radius 1 is 1.11 bits per heavy atom. The van der Waals surface area contributed by atoms with Crippen LogP contribution in [0.5, 0.6) is 5.75 Å². The van der Waals surface area contributed by atoms with Crippen LogP contribution in [0, 0.1) is 6.92 Å². The highest BCUT2D eigenvalue weighted by molar-refractivity contribution is 5.84. The van der Waals surface area contributed by atoms with Gasteiger partial charge in [-0.3, -0.25) is 5.43 Å². The Morgan fingerprint density at radius 2 is 1.84 bits per heavy atom. The number of nitrogens with zero attached hydrogens (tertiary/aromatic N) is 1. The van der Waals surface area contributed by atoms with E-state index < -0.39 is 0 Å². The molecule has 0 saturated heterocycles. The van der Waals surface area contributed by atoms with Gasteiger partial charge in [0.1, 0.15) is 5.75 Å². The van der Waals surface area contributed by atoms with Gasteiger partial charge in [-0.2, -0.15) is 5.10 Å². The lowest BCUT2D eigenvalue weighted by Crippen LogP contribution is -1.97. The fourth-order valence-corrected chi connectivity index (χ4v) is 1.74. The molecule has 19 heavy (non-hydrogen) atoms. The molecular formula is C16H18N2O. The first-order valence-corrected chi connectivity index (χ1v) is 6.38. The molecule has 1 N–H and O–H groups in total. The molecule has 0 aliphatic heterocycles. The van der Waals surface area contributed by atoms with Crippen LogP contribution in [0.25, 0.3) is 0 Å². The average molecular weight is 254 g/mol.